The molecular formula is C17H23N3O. The van der Waals surface area contributed by atoms with E-state index in [9.17, 15) is 4.79 Å². The van der Waals surface area contributed by atoms with Crippen LogP contribution >= 0.6 is 0 Å². The summed E-state index contributed by atoms with van der Waals surface area (Å²) in [6.07, 6.45) is 5.68. The molecule has 2 unspecified atom stereocenters. The summed E-state index contributed by atoms with van der Waals surface area (Å²) in [4.78, 5) is 17.1. The van der Waals surface area contributed by atoms with Crippen LogP contribution in [0, 0.1) is 12.8 Å². The van der Waals surface area contributed by atoms with Crippen LogP contribution in [0.25, 0.3) is 5.65 Å². The minimum absolute atomic E-state index is 0.0758. The second kappa shape index (κ2) is 5.51. The normalized spacial score (nSPS) is 19.3. The van der Waals surface area contributed by atoms with E-state index in [0.29, 0.717) is 0 Å². The van der Waals surface area contributed by atoms with Gasteiger partial charge in [0.1, 0.15) is 5.65 Å². The Bertz CT molecular complexity index is 674. The molecule has 0 radical (unpaired) electrons. The van der Waals surface area contributed by atoms with Crippen molar-refractivity contribution in [2.75, 3.05) is 0 Å². The summed E-state index contributed by atoms with van der Waals surface area (Å²) >= 11 is 0. The van der Waals surface area contributed by atoms with Crippen molar-refractivity contribution in [2.45, 2.75) is 52.5 Å². The van der Waals surface area contributed by atoms with E-state index in [4.69, 9.17) is 4.98 Å². The van der Waals surface area contributed by atoms with Crippen LogP contribution in [0.5, 0.6) is 0 Å². The molecule has 112 valence electrons. The molecule has 0 aliphatic heterocycles. The fourth-order valence-corrected chi connectivity index (χ4v) is 3.00. The summed E-state index contributed by atoms with van der Waals surface area (Å²) in [6.45, 7) is 6.24. The molecular weight excluding hydrogens is 262 g/mol. The molecule has 1 N–H and O–H groups in total. The summed E-state index contributed by atoms with van der Waals surface area (Å²) in [6, 6.07) is 4.39. The van der Waals surface area contributed by atoms with E-state index < -0.39 is 0 Å². The number of pyridine rings is 1. The summed E-state index contributed by atoms with van der Waals surface area (Å²) in [5.41, 5.74) is 4.58. The van der Waals surface area contributed by atoms with Gasteiger partial charge in [0, 0.05) is 30.3 Å². The minimum atomic E-state index is 0.0758. The lowest BCUT2D eigenvalue weighted by Gasteiger charge is -2.23. The Hall–Kier alpha value is -1.84. The van der Waals surface area contributed by atoms with Crippen molar-refractivity contribution in [1.82, 2.24) is 14.7 Å². The van der Waals surface area contributed by atoms with Crippen LogP contribution in [0.2, 0.25) is 0 Å². The van der Waals surface area contributed by atoms with Gasteiger partial charge in [-0.05, 0) is 44.7 Å². The maximum absolute atomic E-state index is 12.4. The summed E-state index contributed by atoms with van der Waals surface area (Å²) < 4.78 is 2.16. The van der Waals surface area contributed by atoms with Crippen LogP contribution in [0.15, 0.2) is 18.3 Å². The number of carbonyl (C=O) groups is 1. The van der Waals surface area contributed by atoms with Crippen molar-refractivity contribution < 1.29 is 4.79 Å². The standard InChI is InChI=1S/C17H23N3O/c1-4-12(3)18-17(21)13-6-7-14-15(9-13)20-10-11(2)5-8-16(20)19-14/h5,8,10,12-13H,4,6-7,9H2,1-3H3,(H,18,21). The first kappa shape index (κ1) is 14.1. The van der Waals surface area contributed by atoms with Crippen LogP contribution in [0.4, 0.5) is 0 Å². The number of nitrogens with zero attached hydrogens (tertiary/aromatic N) is 2. The molecule has 2 heterocycles. The maximum Gasteiger partial charge on any atom is 0.223 e. The highest BCUT2D eigenvalue weighted by Crippen LogP contribution is 2.27. The van der Waals surface area contributed by atoms with Gasteiger partial charge in [0.15, 0.2) is 0 Å². The van der Waals surface area contributed by atoms with Gasteiger partial charge in [0.2, 0.25) is 5.91 Å². The predicted octanol–water partition coefficient (Wildman–Crippen LogP) is 2.66. The van der Waals surface area contributed by atoms with Gasteiger partial charge < -0.3 is 9.72 Å². The Morgan fingerprint density at radius 1 is 1.52 bits per heavy atom. The molecule has 0 fully saturated rings. The molecule has 0 bridgehead atoms. The molecule has 3 rings (SSSR count). The van der Waals surface area contributed by atoms with Gasteiger partial charge in [-0.2, -0.15) is 0 Å². The zero-order valence-corrected chi connectivity index (χ0v) is 13.0. The lowest BCUT2D eigenvalue weighted by atomic mass is 9.89. The lowest BCUT2D eigenvalue weighted by molar-refractivity contribution is -0.126. The van der Waals surface area contributed by atoms with Crippen molar-refractivity contribution in [3.8, 4) is 0 Å². The molecule has 4 nitrogen and oxygen atoms in total. The molecule has 2 atom stereocenters. The van der Waals surface area contributed by atoms with Gasteiger partial charge in [-0.1, -0.05) is 13.0 Å². The smallest absolute Gasteiger partial charge is 0.223 e. The third-order valence-electron chi connectivity index (χ3n) is 4.49. The topological polar surface area (TPSA) is 46.4 Å². The number of hydrogen-bond acceptors (Lipinski definition) is 2. The van der Waals surface area contributed by atoms with Crippen LogP contribution in [0.3, 0.4) is 0 Å². The van der Waals surface area contributed by atoms with Gasteiger partial charge in [-0.15, -0.1) is 0 Å². The van der Waals surface area contributed by atoms with Crippen molar-refractivity contribution >= 4 is 11.6 Å². The van der Waals surface area contributed by atoms with E-state index in [0.717, 1.165) is 37.0 Å². The number of imidazole rings is 1. The van der Waals surface area contributed by atoms with Gasteiger partial charge in [-0.3, -0.25) is 4.79 Å². The number of carbonyl (C=O) groups excluding carboxylic acids is 1. The first-order valence-corrected chi connectivity index (χ1v) is 7.85. The zero-order chi connectivity index (χ0) is 15.0. The number of hydrogen-bond donors (Lipinski definition) is 1. The number of nitrogens with one attached hydrogen (secondary N) is 1. The molecule has 0 saturated carbocycles. The molecule has 0 saturated heterocycles. The second-order valence-electron chi connectivity index (χ2n) is 6.20. The van der Waals surface area contributed by atoms with Crippen LogP contribution in [0.1, 0.15) is 43.6 Å². The molecule has 2 aromatic heterocycles. The first-order chi connectivity index (χ1) is 10.1. The minimum Gasteiger partial charge on any atom is -0.353 e. The van der Waals surface area contributed by atoms with E-state index in [2.05, 4.69) is 48.8 Å². The molecule has 1 amide bonds. The largest absolute Gasteiger partial charge is 0.353 e. The predicted molar refractivity (Wildman–Crippen MR) is 83.3 cm³/mol. The van der Waals surface area contributed by atoms with E-state index >= 15 is 0 Å². The third kappa shape index (κ3) is 2.67. The molecule has 0 aromatic carbocycles. The maximum atomic E-state index is 12.4. The zero-order valence-electron chi connectivity index (χ0n) is 13.0. The average molecular weight is 285 g/mol. The monoisotopic (exact) mass is 285 g/mol. The summed E-state index contributed by atoms with van der Waals surface area (Å²) in [7, 11) is 0. The van der Waals surface area contributed by atoms with Gasteiger partial charge in [0.25, 0.3) is 0 Å². The second-order valence-corrected chi connectivity index (χ2v) is 6.20. The van der Waals surface area contributed by atoms with Crippen molar-refractivity contribution in [1.29, 1.82) is 0 Å². The number of amides is 1. The third-order valence-corrected chi connectivity index (χ3v) is 4.49. The SMILES string of the molecule is CCC(C)NC(=O)C1CCc2nc3ccc(C)cn3c2C1. The van der Waals surface area contributed by atoms with Crippen molar-refractivity contribution in [3.05, 3.63) is 35.3 Å². The number of rotatable bonds is 3. The Labute approximate surface area is 125 Å². The van der Waals surface area contributed by atoms with Gasteiger partial charge in [0.05, 0.1) is 5.69 Å². The van der Waals surface area contributed by atoms with Gasteiger partial charge >= 0.3 is 0 Å². The van der Waals surface area contributed by atoms with E-state index in [-0.39, 0.29) is 17.9 Å². The first-order valence-electron chi connectivity index (χ1n) is 7.85. The quantitative estimate of drug-likeness (QED) is 0.942. The van der Waals surface area contributed by atoms with E-state index in [1.807, 2.05) is 0 Å². The van der Waals surface area contributed by atoms with Crippen molar-refractivity contribution in [2.24, 2.45) is 5.92 Å². The fraction of sp³-hybridized carbons (Fsp3) is 0.529. The van der Waals surface area contributed by atoms with Crippen molar-refractivity contribution in [3.63, 3.8) is 0 Å². The molecule has 21 heavy (non-hydrogen) atoms. The molecule has 0 spiro atoms. The number of aromatic nitrogens is 2. The van der Waals surface area contributed by atoms with Crippen LogP contribution in [-0.2, 0) is 17.6 Å². The van der Waals surface area contributed by atoms with Crippen LogP contribution in [-0.4, -0.2) is 21.3 Å². The van der Waals surface area contributed by atoms with E-state index in [1.54, 1.807) is 0 Å². The molecule has 1 aliphatic carbocycles. The highest BCUT2D eigenvalue weighted by atomic mass is 16.1. The highest BCUT2D eigenvalue weighted by molar-refractivity contribution is 5.79. The van der Waals surface area contributed by atoms with Gasteiger partial charge in [-0.25, -0.2) is 4.98 Å². The average Bonchev–Trinajstić information content (AvgIpc) is 2.84. The summed E-state index contributed by atoms with van der Waals surface area (Å²) in [5, 5.41) is 3.11. The number of fused-ring (bicyclic) bond motifs is 3. The Morgan fingerprint density at radius 2 is 2.33 bits per heavy atom. The van der Waals surface area contributed by atoms with Crippen LogP contribution < -0.4 is 5.32 Å². The Balaban J connectivity index is 1.86. The Kier molecular flexibility index (Phi) is 3.70. The molecule has 4 heteroatoms. The lowest BCUT2D eigenvalue weighted by Crippen LogP contribution is -2.39. The number of aryl methyl sites for hydroxylation is 2. The Morgan fingerprint density at radius 3 is 3.10 bits per heavy atom. The van der Waals surface area contributed by atoms with E-state index in [1.165, 1.54) is 11.3 Å². The molecule has 2 aromatic rings. The molecule has 1 aliphatic rings. The fourth-order valence-electron chi connectivity index (χ4n) is 3.00. The highest BCUT2D eigenvalue weighted by Gasteiger charge is 2.28. The summed E-state index contributed by atoms with van der Waals surface area (Å²) in [5.74, 6) is 0.268.